The van der Waals surface area contributed by atoms with Crippen molar-refractivity contribution in [3.8, 4) is 11.1 Å². The second-order valence-electron chi connectivity index (χ2n) is 14.2. The van der Waals surface area contributed by atoms with Crippen LogP contribution in [0.25, 0.3) is 22.2 Å². The number of hydrogen-bond donors (Lipinski definition) is 2. The van der Waals surface area contributed by atoms with E-state index in [9.17, 15) is 9.59 Å². The van der Waals surface area contributed by atoms with Crippen LogP contribution in [0.1, 0.15) is 49.0 Å². The van der Waals surface area contributed by atoms with Crippen molar-refractivity contribution in [2.75, 3.05) is 74.7 Å². The Morgan fingerprint density at radius 1 is 0.940 bits per heavy atom. The quantitative estimate of drug-likeness (QED) is 0.155. The molecule has 3 aliphatic rings. The third-order valence-electron chi connectivity index (χ3n) is 10.4. The van der Waals surface area contributed by atoms with Crippen molar-refractivity contribution in [1.29, 1.82) is 0 Å². The van der Waals surface area contributed by atoms with Crippen molar-refractivity contribution in [2.24, 2.45) is 11.8 Å². The predicted octanol–water partition coefficient (Wildman–Crippen LogP) is 5.45. The molecule has 2 aromatic carbocycles. The Hall–Kier alpha value is -3.67. The first-order valence-electron chi connectivity index (χ1n) is 17.7. The van der Waals surface area contributed by atoms with E-state index in [1.54, 1.807) is 13.1 Å². The van der Waals surface area contributed by atoms with Crippen LogP contribution in [0.3, 0.4) is 0 Å². The van der Waals surface area contributed by atoms with Gasteiger partial charge in [0, 0.05) is 51.5 Å². The minimum atomic E-state index is -0.887. The number of piperazine rings is 1. The molecule has 0 spiro atoms. The van der Waals surface area contributed by atoms with Crippen molar-refractivity contribution in [3.05, 3.63) is 77.6 Å². The van der Waals surface area contributed by atoms with Crippen molar-refractivity contribution in [2.45, 2.75) is 33.1 Å². The number of rotatable bonds is 11. The van der Waals surface area contributed by atoms with Gasteiger partial charge in [0.2, 0.25) is 0 Å². The minimum Gasteiger partial charge on any atom is -0.0314 e. The van der Waals surface area contributed by atoms with Gasteiger partial charge in [-0.15, -0.1) is 0 Å². The van der Waals surface area contributed by atoms with Gasteiger partial charge in [-0.2, -0.15) is 0 Å². The maximum atomic E-state index is 15.7. The van der Waals surface area contributed by atoms with Crippen LogP contribution >= 0.6 is 0 Å². The van der Waals surface area contributed by atoms with E-state index in [2.05, 4.69) is 64.1 Å². The van der Waals surface area contributed by atoms with Crippen molar-refractivity contribution < 1.29 is 18.4 Å². The zero-order chi connectivity index (χ0) is 34.8. The van der Waals surface area contributed by atoms with Gasteiger partial charge < -0.3 is 9.80 Å². The summed E-state index contributed by atoms with van der Waals surface area (Å²) in [6, 6.07) is 12.8. The average Bonchev–Trinajstić information content (AvgIpc) is 3.74. The first-order valence-corrected chi connectivity index (χ1v) is 19.3. The van der Waals surface area contributed by atoms with Gasteiger partial charge >= 0.3 is 191 Å². The van der Waals surface area contributed by atoms with Crippen molar-refractivity contribution >= 4 is 49.4 Å². The fraction of sp³-hybridized carbons (Fsp3) is 0.447. The van der Waals surface area contributed by atoms with Crippen LogP contribution in [-0.2, 0) is 4.79 Å². The van der Waals surface area contributed by atoms with E-state index >= 15 is 8.78 Å². The van der Waals surface area contributed by atoms with Gasteiger partial charge in [-0.25, -0.2) is 0 Å². The van der Waals surface area contributed by atoms with Gasteiger partial charge in [-0.3, -0.25) is 9.69 Å². The maximum absolute atomic E-state index is 15.7. The van der Waals surface area contributed by atoms with E-state index in [4.69, 9.17) is 0 Å². The van der Waals surface area contributed by atoms with E-state index in [-0.39, 0.29) is 32.4 Å². The summed E-state index contributed by atoms with van der Waals surface area (Å²) in [6.45, 7) is 13.5. The molecule has 3 saturated heterocycles. The minimum absolute atomic E-state index is 0.137. The summed E-state index contributed by atoms with van der Waals surface area (Å²) in [4.78, 5) is 39.9. The zero-order valence-electron chi connectivity index (χ0n) is 28.8. The summed E-state index contributed by atoms with van der Waals surface area (Å²) in [5, 5.41) is 0.520. The Morgan fingerprint density at radius 3 is 2.38 bits per heavy atom. The number of carbonyl (C=O) groups is 2. The number of Topliss-reactive ketones (excluding diaryl/α,β-unsaturated/α-hetero) is 1. The van der Waals surface area contributed by atoms with Gasteiger partial charge in [0.25, 0.3) is 0 Å². The fourth-order valence-corrected chi connectivity index (χ4v) is 9.37. The molecule has 0 saturated carbocycles. The molecule has 264 valence electrons. The third kappa shape index (κ3) is 7.79. The third-order valence-corrected chi connectivity index (χ3v) is 12.3. The predicted molar refractivity (Wildman–Crippen MR) is 195 cm³/mol. The van der Waals surface area contributed by atoms with Gasteiger partial charge in [0.15, 0.2) is 0 Å². The Bertz CT molecular complexity index is 1830. The van der Waals surface area contributed by atoms with Gasteiger partial charge in [0.1, 0.15) is 5.78 Å². The Kier molecular flexibility index (Phi) is 10.6. The average molecular weight is 749 g/mol. The molecule has 0 bridgehead atoms. The normalized spacial score (nSPS) is 19.8. The van der Waals surface area contributed by atoms with Gasteiger partial charge in [-0.05, 0) is 25.7 Å². The second-order valence-corrected chi connectivity index (χ2v) is 16.1. The summed E-state index contributed by atoms with van der Waals surface area (Å²) in [5.41, 5.74) is 3.18. The monoisotopic (exact) mass is 749 g/mol. The van der Waals surface area contributed by atoms with Crippen LogP contribution in [0.4, 0.5) is 20.2 Å². The molecule has 0 aliphatic carbocycles. The smallest absolute Gasteiger partial charge is 0.0314 e. The molecule has 0 amide bonds. The van der Waals surface area contributed by atoms with Gasteiger partial charge in [-0.1, -0.05) is 0 Å². The number of fused-ring (bicyclic) bond motifs is 1. The summed E-state index contributed by atoms with van der Waals surface area (Å²) < 4.78 is 36.1. The number of halogens is 2. The first kappa shape index (κ1) is 34.8. The molecular formula is C38H45F2N7O2Se. The summed E-state index contributed by atoms with van der Waals surface area (Å²) >= 11 is -0.204. The summed E-state index contributed by atoms with van der Waals surface area (Å²) in [6.07, 6.45) is 6.64. The molecule has 3 fully saturated rings. The molecule has 2 N–H and O–H groups in total. The van der Waals surface area contributed by atoms with Crippen LogP contribution in [0.5, 0.6) is 0 Å². The topological polar surface area (TPSA) is 87.8 Å². The van der Waals surface area contributed by atoms with Gasteiger partial charge in [0.05, 0.1) is 6.54 Å². The van der Waals surface area contributed by atoms with E-state index in [0.29, 0.717) is 29.4 Å². The molecule has 0 radical (unpaired) electrons. The molecule has 7 rings (SSSR count). The summed E-state index contributed by atoms with van der Waals surface area (Å²) in [7, 11) is 0. The first-order chi connectivity index (χ1) is 24.2. The molecule has 4 aromatic rings. The number of aromatic nitrogens is 2. The fourth-order valence-electron chi connectivity index (χ4n) is 7.46. The van der Waals surface area contributed by atoms with E-state index < -0.39 is 23.0 Å². The number of anilines is 2. The molecule has 3 aliphatic heterocycles. The van der Waals surface area contributed by atoms with E-state index in [1.807, 2.05) is 6.07 Å². The number of nitrogens with one attached hydrogen (secondary N) is 2. The van der Waals surface area contributed by atoms with Crippen LogP contribution in [-0.4, -0.2) is 116 Å². The number of nitrogens with zero attached hydrogens (tertiary/aromatic N) is 5. The Morgan fingerprint density at radius 2 is 1.68 bits per heavy atom. The number of benzene rings is 2. The van der Waals surface area contributed by atoms with Crippen LogP contribution in [0.15, 0.2) is 54.9 Å². The molecule has 1 atom stereocenters. The molecule has 9 nitrogen and oxygen atoms in total. The number of carbonyl (C=O) groups excluding carboxylic acids is 2. The van der Waals surface area contributed by atoms with E-state index in [0.717, 1.165) is 95.4 Å². The molecule has 5 heterocycles. The zero-order valence-corrected chi connectivity index (χ0v) is 30.5. The molecule has 2 aromatic heterocycles. The molecule has 12 heteroatoms. The standard InChI is InChI=1S/C38H45F2N7O2Se/c1-25-9-14-47(22-25)50-43-34-8-7-33(39)35(36(34)40)37(49)32-21-42-38-31(32)19-29(20-41-38)28-3-5-30(6-4-28)46-12-10-27(11-13-46)24-45-17-15-44(16-18-45)23-26(2)48/h3-8,19-21,25,27,43H,9-18,22-24H2,1-2H3,(H,41,42). The molecular weight excluding hydrogens is 703 g/mol. The van der Waals surface area contributed by atoms with E-state index in [1.165, 1.54) is 18.0 Å². The SMILES string of the molecule is CC(=O)CN1CCN(CC2CCN(c3ccc(-c4cnc5[nH]cc(C(=O)c6c(F)ccc(N[Se]N7CCC(C)C7)c6F)c5c4)cc3)CC2)CC1. The summed E-state index contributed by atoms with van der Waals surface area (Å²) in [5.74, 6) is -0.957. The number of hydrogen-bond acceptors (Lipinski definition) is 8. The number of H-pyrrole nitrogens is 1. The number of ketones is 2. The second kappa shape index (κ2) is 15.3. The molecule has 1 unspecified atom stereocenters. The van der Waals surface area contributed by atoms with Crippen LogP contribution in [0.2, 0.25) is 0 Å². The van der Waals surface area contributed by atoms with Crippen molar-refractivity contribution in [3.63, 3.8) is 0 Å². The van der Waals surface area contributed by atoms with Crippen LogP contribution < -0.4 is 9.23 Å². The van der Waals surface area contributed by atoms with Crippen LogP contribution in [0, 0.1) is 23.5 Å². The van der Waals surface area contributed by atoms with Crippen molar-refractivity contribution in [1.82, 2.24) is 23.7 Å². The Labute approximate surface area is 299 Å². The Balaban J connectivity index is 0.990. The number of piperidine rings is 1. The number of pyridine rings is 1. The number of aromatic amines is 1. The molecule has 50 heavy (non-hydrogen) atoms.